The minimum absolute atomic E-state index is 0.161. The highest BCUT2D eigenvalue weighted by Crippen LogP contribution is 2.20. The Bertz CT molecular complexity index is 1000. The highest BCUT2D eigenvalue weighted by Gasteiger charge is 2.26. The first-order chi connectivity index (χ1) is 14.3. The zero-order valence-corrected chi connectivity index (χ0v) is 17.3. The van der Waals surface area contributed by atoms with E-state index < -0.39 is 15.9 Å². The fourth-order valence-electron chi connectivity index (χ4n) is 2.86. The van der Waals surface area contributed by atoms with Gasteiger partial charge in [-0.1, -0.05) is 6.07 Å². The van der Waals surface area contributed by atoms with E-state index in [1.54, 1.807) is 24.3 Å². The maximum absolute atomic E-state index is 12.6. The van der Waals surface area contributed by atoms with E-state index in [-0.39, 0.29) is 17.4 Å². The third-order valence-electron chi connectivity index (χ3n) is 4.27. The zero-order chi connectivity index (χ0) is 21.6. The van der Waals surface area contributed by atoms with Gasteiger partial charge in [0, 0.05) is 37.5 Å². The predicted octanol–water partition coefficient (Wildman–Crippen LogP) is 1.68. The van der Waals surface area contributed by atoms with Crippen LogP contribution < -0.4 is 15.4 Å². The van der Waals surface area contributed by atoms with E-state index in [1.165, 1.54) is 35.5 Å². The standard InChI is InChI=1S/C20H23N3O6S/c1-15(24)21-17-3-2-4-18(13-17)29-14-20(25)22-16-5-7-19(8-6-16)30(26,27)23-9-11-28-12-10-23/h2-8,13H,9-12,14H2,1H3,(H,21,24)(H,22,25). The number of benzene rings is 2. The largest absolute Gasteiger partial charge is 0.484 e. The van der Waals surface area contributed by atoms with Gasteiger partial charge in [0.15, 0.2) is 6.61 Å². The van der Waals surface area contributed by atoms with Crippen molar-refractivity contribution in [3.63, 3.8) is 0 Å². The van der Waals surface area contributed by atoms with Crippen LogP contribution in [0.15, 0.2) is 53.4 Å². The maximum Gasteiger partial charge on any atom is 0.262 e. The van der Waals surface area contributed by atoms with Gasteiger partial charge in [-0.25, -0.2) is 8.42 Å². The van der Waals surface area contributed by atoms with E-state index in [2.05, 4.69) is 10.6 Å². The third-order valence-corrected chi connectivity index (χ3v) is 6.18. The molecule has 10 heteroatoms. The molecule has 0 aromatic heterocycles. The molecular formula is C20H23N3O6S. The van der Waals surface area contributed by atoms with Crippen molar-refractivity contribution in [2.24, 2.45) is 0 Å². The van der Waals surface area contributed by atoms with Crippen molar-refractivity contribution >= 4 is 33.2 Å². The lowest BCUT2D eigenvalue weighted by atomic mass is 10.3. The monoisotopic (exact) mass is 433 g/mol. The SMILES string of the molecule is CC(=O)Nc1cccc(OCC(=O)Nc2ccc(S(=O)(=O)N3CCOCC3)cc2)c1. The number of carbonyl (C=O) groups excluding carboxylic acids is 2. The number of carbonyl (C=O) groups is 2. The molecular weight excluding hydrogens is 410 g/mol. The molecule has 2 amide bonds. The van der Waals surface area contributed by atoms with Gasteiger partial charge in [-0.15, -0.1) is 0 Å². The van der Waals surface area contributed by atoms with E-state index in [9.17, 15) is 18.0 Å². The molecule has 0 bridgehead atoms. The van der Waals surface area contributed by atoms with Crippen LogP contribution >= 0.6 is 0 Å². The van der Waals surface area contributed by atoms with Gasteiger partial charge < -0.3 is 20.1 Å². The van der Waals surface area contributed by atoms with Crippen LogP contribution in [0.4, 0.5) is 11.4 Å². The van der Waals surface area contributed by atoms with Crippen LogP contribution in [0.2, 0.25) is 0 Å². The van der Waals surface area contributed by atoms with E-state index in [4.69, 9.17) is 9.47 Å². The van der Waals surface area contributed by atoms with Crippen LogP contribution in [0.5, 0.6) is 5.75 Å². The predicted molar refractivity (Wildman–Crippen MR) is 111 cm³/mol. The molecule has 0 atom stereocenters. The lowest BCUT2D eigenvalue weighted by Gasteiger charge is -2.26. The second kappa shape index (κ2) is 9.70. The summed E-state index contributed by atoms with van der Waals surface area (Å²) in [5, 5.41) is 5.29. The Balaban J connectivity index is 1.55. The van der Waals surface area contributed by atoms with E-state index in [0.717, 1.165) is 0 Å². The molecule has 0 radical (unpaired) electrons. The number of rotatable bonds is 7. The van der Waals surface area contributed by atoms with Crippen LogP contribution in [0, 0.1) is 0 Å². The molecule has 2 N–H and O–H groups in total. The number of anilines is 2. The van der Waals surface area contributed by atoms with Gasteiger partial charge in [0.25, 0.3) is 5.91 Å². The summed E-state index contributed by atoms with van der Waals surface area (Å²) in [5.74, 6) is -0.170. The minimum atomic E-state index is -3.58. The van der Waals surface area contributed by atoms with E-state index in [0.29, 0.717) is 43.4 Å². The molecule has 160 valence electrons. The second-order valence-corrected chi connectivity index (χ2v) is 8.52. The summed E-state index contributed by atoms with van der Waals surface area (Å²) in [5.41, 5.74) is 1.02. The number of ether oxygens (including phenoxy) is 2. The smallest absolute Gasteiger partial charge is 0.262 e. The normalized spacial score (nSPS) is 14.7. The summed E-state index contributed by atoms with van der Waals surface area (Å²) < 4.78 is 37.2. The first kappa shape index (κ1) is 21.8. The average molecular weight is 433 g/mol. The van der Waals surface area contributed by atoms with Crippen LogP contribution in [0.3, 0.4) is 0 Å². The van der Waals surface area contributed by atoms with Crippen LogP contribution in [0.1, 0.15) is 6.92 Å². The Labute approximate surface area is 175 Å². The Hall–Kier alpha value is -2.95. The van der Waals surface area contributed by atoms with Crippen molar-refractivity contribution in [1.29, 1.82) is 0 Å². The van der Waals surface area contributed by atoms with Crippen LogP contribution in [-0.2, 0) is 24.3 Å². The summed E-state index contributed by atoms with van der Waals surface area (Å²) in [4.78, 5) is 23.4. The van der Waals surface area contributed by atoms with Gasteiger partial charge in [-0.2, -0.15) is 4.31 Å². The molecule has 9 nitrogen and oxygen atoms in total. The first-order valence-electron chi connectivity index (χ1n) is 9.33. The Morgan fingerprint density at radius 3 is 2.40 bits per heavy atom. The number of nitrogens with zero attached hydrogens (tertiary/aromatic N) is 1. The quantitative estimate of drug-likeness (QED) is 0.687. The number of amides is 2. The Kier molecular flexibility index (Phi) is 7.03. The van der Waals surface area contributed by atoms with Crippen molar-refractivity contribution in [3.05, 3.63) is 48.5 Å². The second-order valence-electron chi connectivity index (χ2n) is 6.59. The van der Waals surface area contributed by atoms with Gasteiger partial charge in [0.05, 0.1) is 18.1 Å². The fourth-order valence-corrected chi connectivity index (χ4v) is 4.27. The highest BCUT2D eigenvalue weighted by molar-refractivity contribution is 7.89. The van der Waals surface area contributed by atoms with Crippen molar-refractivity contribution in [2.75, 3.05) is 43.5 Å². The molecule has 30 heavy (non-hydrogen) atoms. The molecule has 2 aromatic rings. The van der Waals surface area contributed by atoms with Crippen molar-refractivity contribution in [2.45, 2.75) is 11.8 Å². The molecule has 3 rings (SSSR count). The number of hydrogen-bond acceptors (Lipinski definition) is 6. The summed E-state index contributed by atoms with van der Waals surface area (Å²) in [7, 11) is -3.58. The molecule has 1 aliphatic heterocycles. The third kappa shape index (κ3) is 5.78. The minimum Gasteiger partial charge on any atom is -0.484 e. The fraction of sp³-hybridized carbons (Fsp3) is 0.300. The van der Waals surface area contributed by atoms with Crippen LogP contribution in [-0.4, -0.2) is 57.4 Å². The molecule has 1 saturated heterocycles. The molecule has 0 unspecified atom stereocenters. The molecule has 0 aliphatic carbocycles. The molecule has 1 aliphatic rings. The molecule has 0 saturated carbocycles. The average Bonchev–Trinajstić information content (AvgIpc) is 2.73. The lowest BCUT2D eigenvalue weighted by molar-refractivity contribution is -0.118. The highest BCUT2D eigenvalue weighted by atomic mass is 32.2. The van der Waals surface area contributed by atoms with E-state index >= 15 is 0 Å². The number of nitrogens with one attached hydrogen (secondary N) is 2. The van der Waals surface area contributed by atoms with Gasteiger partial charge in [-0.3, -0.25) is 9.59 Å². The van der Waals surface area contributed by atoms with E-state index in [1.807, 2.05) is 0 Å². The lowest BCUT2D eigenvalue weighted by Crippen LogP contribution is -2.40. The number of sulfonamides is 1. The van der Waals surface area contributed by atoms with Crippen molar-refractivity contribution < 1.29 is 27.5 Å². The molecule has 0 spiro atoms. The number of morpholine rings is 1. The van der Waals surface area contributed by atoms with Crippen LogP contribution in [0.25, 0.3) is 0 Å². The van der Waals surface area contributed by atoms with Gasteiger partial charge in [0.1, 0.15) is 5.75 Å². The zero-order valence-electron chi connectivity index (χ0n) is 16.5. The Morgan fingerprint density at radius 1 is 1.03 bits per heavy atom. The van der Waals surface area contributed by atoms with Crippen molar-refractivity contribution in [3.8, 4) is 5.75 Å². The first-order valence-corrected chi connectivity index (χ1v) is 10.8. The number of hydrogen-bond donors (Lipinski definition) is 2. The molecule has 1 heterocycles. The maximum atomic E-state index is 12.6. The molecule has 2 aromatic carbocycles. The Morgan fingerprint density at radius 2 is 1.73 bits per heavy atom. The summed E-state index contributed by atoms with van der Waals surface area (Å²) in [6.45, 7) is 2.56. The van der Waals surface area contributed by atoms with Gasteiger partial charge in [-0.05, 0) is 36.4 Å². The molecule has 1 fully saturated rings. The summed E-state index contributed by atoms with van der Waals surface area (Å²) in [6.07, 6.45) is 0. The van der Waals surface area contributed by atoms with Gasteiger partial charge in [0.2, 0.25) is 15.9 Å². The summed E-state index contributed by atoms with van der Waals surface area (Å²) in [6, 6.07) is 12.7. The topological polar surface area (TPSA) is 114 Å². The van der Waals surface area contributed by atoms with Gasteiger partial charge >= 0.3 is 0 Å². The van der Waals surface area contributed by atoms with Crippen molar-refractivity contribution in [1.82, 2.24) is 4.31 Å². The summed E-state index contributed by atoms with van der Waals surface area (Å²) >= 11 is 0.